The molecule has 184 valence electrons. The molecule has 35 heavy (non-hydrogen) atoms. The summed E-state index contributed by atoms with van der Waals surface area (Å²) in [5, 5.41) is 24.0. The molecule has 1 aliphatic rings. The van der Waals surface area contributed by atoms with Crippen molar-refractivity contribution in [3.63, 3.8) is 0 Å². The van der Waals surface area contributed by atoms with Crippen molar-refractivity contribution in [3.8, 4) is 11.5 Å². The molecule has 4 rings (SSSR count). The monoisotopic (exact) mass is 480 g/mol. The van der Waals surface area contributed by atoms with Crippen LogP contribution in [0.3, 0.4) is 0 Å². The van der Waals surface area contributed by atoms with Gasteiger partial charge >= 0.3 is 11.9 Å². The van der Waals surface area contributed by atoms with Crippen molar-refractivity contribution in [3.05, 3.63) is 82.1 Å². The van der Waals surface area contributed by atoms with Crippen molar-refractivity contribution in [1.29, 1.82) is 0 Å². The van der Waals surface area contributed by atoms with Crippen LogP contribution in [-0.2, 0) is 25.6 Å². The fraction of sp³-hybridized carbons (Fsp3) is 0.346. The molecule has 2 heterocycles. The summed E-state index contributed by atoms with van der Waals surface area (Å²) in [4.78, 5) is 26.3. The summed E-state index contributed by atoms with van der Waals surface area (Å²) in [6.07, 6.45) is 0. The average Bonchev–Trinajstić information content (AvgIpc) is 3.00. The van der Waals surface area contributed by atoms with Crippen molar-refractivity contribution in [2.75, 3.05) is 7.11 Å². The van der Waals surface area contributed by atoms with Crippen molar-refractivity contribution in [1.82, 2.24) is 4.57 Å². The van der Waals surface area contributed by atoms with Gasteiger partial charge in [0, 0.05) is 27.7 Å². The zero-order valence-corrected chi connectivity index (χ0v) is 20.3. The summed E-state index contributed by atoms with van der Waals surface area (Å²) in [5.74, 6) is -5.43. The van der Waals surface area contributed by atoms with E-state index in [-0.39, 0.29) is 17.3 Å². The fourth-order valence-electron chi connectivity index (χ4n) is 4.45. The van der Waals surface area contributed by atoms with E-state index in [1.807, 2.05) is 30.3 Å². The molecule has 9 heteroatoms. The van der Waals surface area contributed by atoms with Crippen LogP contribution in [0.1, 0.15) is 48.1 Å². The van der Waals surface area contributed by atoms with E-state index >= 15 is 0 Å². The zero-order valence-electron chi connectivity index (χ0n) is 20.3. The van der Waals surface area contributed by atoms with Crippen molar-refractivity contribution in [2.24, 2.45) is 5.92 Å². The third kappa shape index (κ3) is 4.41. The van der Waals surface area contributed by atoms with Gasteiger partial charge in [-0.15, -0.1) is 0 Å². The number of carbonyl (C=O) groups is 2. The van der Waals surface area contributed by atoms with Crippen molar-refractivity contribution in [2.45, 2.75) is 45.9 Å². The Morgan fingerprint density at radius 2 is 1.74 bits per heavy atom. The maximum atomic E-state index is 13.5. The second-order valence-corrected chi connectivity index (χ2v) is 9.02. The molecule has 1 unspecified atom stereocenters. The average molecular weight is 481 g/mol. The highest BCUT2D eigenvalue weighted by Crippen LogP contribution is 2.40. The zero-order chi connectivity index (χ0) is 25.5. The van der Waals surface area contributed by atoms with Crippen molar-refractivity contribution >= 4 is 11.9 Å². The highest BCUT2D eigenvalue weighted by molar-refractivity contribution is 5.98. The molecule has 0 amide bonds. The van der Waals surface area contributed by atoms with Gasteiger partial charge in [-0.1, -0.05) is 36.4 Å². The molecule has 1 aromatic heterocycles. The largest absolute Gasteiger partial charge is 0.711 e. The van der Waals surface area contributed by atoms with E-state index < -0.39 is 29.6 Å². The molecule has 3 aromatic rings. The van der Waals surface area contributed by atoms with Crippen LogP contribution >= 0.6 is 0 Å². The van der Waals surface area contributed by atoms with Crippen LogP contribution in [0.2, 0.25) is 0 Å². The van der Waals surface area contributed by atoms with E-state index in [9.17, 15) is 19.9 Å². The molecule has 9 nitrogen and oxygen atoms in total. The number of benzene rings is 2. The number of hydrogen-bond donors (Lipinski definition) is 1. The number of rotatable bonds is 6. The Labute approximate surface area is 203 Å². The van der Waals surface area contributed by atoms with E-state index in [2.05, 4.69) is 0 Å². The van der Waals surface area contributed by atoms with Gasteiger partial charge in [0.1, 0.15) is 23.9 Å². The first-order valence-electron chi connectivity index (χ1n) is 11.2. The first kappa shape index (κ1) is 24.1. The number of phenols is 1. The lowest BCUT2D eigenvalue weighted by Gasteiger charge is -2.35. The number of aromatic nitrogens is 2. The quantitative estimate of drug-likeness (QED) is 0.250. The number of hydrogen-bond acceptors (Lipinski definition) is 7. The molecule has 2 aromatic carbocycles. The second-order valence-electron chi connectivity index (χ2n) is 9.02. The summed E-state index contributed by atoms with van der Waals surface area (Å²) < 4.78 is 18.5. The molecular formula is C26H28N2O7. The SMILES string of the molecule is COc1ccc(C(c2n(Cc3ccccc3)c(C)c(C)[n+]2[O-])C2C(=O)OC(C)(C)OC2=O)cc1O. The number of methoxy groups -OCH3 is 1. The standard InChI is InChI=1S/C26H28N2O7/c1-15-16(2)28(32)23(27(15)14-17-9-7-6-8-10-17)21(18-11-12-20(33-5)19(29)13-18)22-24(30)34-26(3,4)35-25(22)31/h6-13,21-22,29H,14H2,1-5H3. The van der Waals surface area contributed by atoms with E-state index in [1.165, 1.54) is 33.1 Å². The first-order chi connectivity index (χ1) is 16.5. The first-order valence-corrected chi connectivity index (χ1v) is 11.2. The lowest BCUT2D eigenvalue weighted by Crippen LogP contribution is -2.50. The van der Waals surface area contributed by atoms with Gasteiger partial charge in [-0.25, -0.2) is 9.30 Å². The normalized spacial score (nSPS) is 16.5. The lowest BCUT2D eigenvalue weighted by molar-refractivity contribution is -0.621. The minimum absolute atomic E-state index is 0.159. The molecule has 0 radical (unpaired) electrons. The molecule has 0 spiro atoms. The summed E-state index contributed by atoms with van der Waals surface area (Å²) in [5.41, 5.74) is 2.40. The van der Waals surface area contributed by atoms with Crippen LogP contribution in [-0.4, -0.2) is 34.5 Å². The van der Waals surface area contributed by atoms with Crippen LogP contribution in [0.5, 0.6) is 11.5 Å². The summed E-state index contributed by atoms with van der Waals surface area (Å²) in [7, 11) is 1.41. The highest BCUT2D eigenvalue weighted by Gasteiger charge is 2.52. The summed E-state index contributed by atoms with van der Waals surface area (Å²) >= 11 is 0. The molecule has 1 saturated heterocycles. The van der Waals surface area contributed by atoms with Crippen LogP contribution in [0.25, 0.3) is 0 Å². The van der Waals surface area contributed by atoms with Gasteiger partial charge in [-0.05, 0) is 23.3 Å². The third-order valence-corrected chi connectivity index (χ3v) is 6.28. The number of ether oxygens (including phenoxy) is 3. The van der Waals surface area contributed by atoms with E-state index in [4.69, 9.17) is 14.2 Å². The van der Waals surface area contributed by atoms with E-state index in [0.717, 1.165) is 10.3 Å². The Morgan fingerprint density at radius 3 is 2.31 bits per heavy atom. The molecule has 0 saturated carbocycles. The molecule has 1 fully saturated rings. The molecule has 1 aliphatic heterocycles. The van der Waals surface area contributed by atoms with Gasteiger partial charge in [-0.2, -0.15) is 0 Å². The number of esters is 2. The molecular weight excluding hydrogens is 452 g/mol. The smallest absolute Gasteiger partial charge is 0.324 e. The van der Waals surface area contributed by atoms with Gasteiger partial charge in [0.15, 0.2) is 17.4 Å². The molecule has 1 atom stereocenters. The Bertz CT molecular complexity index is 1260. The van der Waals surface area contributed by atoms with Gasteiger partial charge in [0.2, 0.25) is 0 Å². The van der Waals surface area contributed by atoms with Gasteiger partial charge < -0.3 is 24.5 Å². The van der Waals surface area contributed by atoms with Gasteiger partial charge in [-0.3, -0.25) is 9.59 Å². The minimum Gasteiger partial charge on any atom is -0.711 e. The number of nitrogens with zero attached hydrogens (tertiary/aromatic N) is 2. The van der Waals surface area contributed by atoms with Gasteiger partial charge in [0.25, 0.3) is 11.6 Å². The Balaban J connectivity index is 1.94. The number of cyclic esters (lactones) is 2. The number of phenolic OH excluding ortho intramolecular Hbond substituents is 1. The predicted molar refractivity (Wildman–Crippen MR) is 125 cm³/mol. The molecule has 0 aliphatic carbocycles. The highest BCUT2D eigenvalue weighted by atomic mass is 16.7. The summed E-state index contributed by atoms with van der Waals surface area (Å²) in [6, 6.07) is 14.0. The van der Waals surface area contributed by atoms with Gasteiger partial charge in [0.05, 0.1) is 7.11 Å². The Morgan fingerprint density at radius 1 is 1.11 bits per heavy atom. The minimum atomic E-state index is -1.46. The van der Waals surface area contributed by atoms with Crippen molar-refractivity contribution < 1.29 is 33.6 Å². The number of carbonyl (C=O) groups excluding carboxylic acids is 2. The Kier molecular flexibility index (Phi) is 6.19. The maximum absolute atomic E-state index is 13.5. The topological polar surface area (TPSA) is 114 Å². The second kappa shape index (κ2) is 8.98. The van der Waals surface area contributed by atoms with Crippen LogP contribution in [0.15, 0.2) is 48.5 Å². The van der Waals surface area contributed by atoms with Crippen LogP contribution in [0.4, 0.5) is 0 Å². The maximum Gasteiger partial charge on any atom is 0.324 e. The number of aromatic hydroxyl groups is 1. The predicted octanol–water partition coefficient (Wildman–Crippen LogP) is 3.09. The third-order valence-electron chi connectivity index (χ3n) is 6.28. The lowest BCUT2D eigenvalue weighted by atomic mass is 9.84. The van der Waals surface area contributed by atoms with E-state index in [0.29, 0.717) is 23.5 Å². The molecule has 0 bridgehead atoms. The summed E-state index contributed by atoms with van der Waals surface area (Å²) in [6.45, 7) is 6.75. The number of imidazole rings is 1. The van der Waals surface area contributed by atoms with Crippen LogP contribution in [0, 0.1) is 25.0 Å². The fourth-order valence-corrected chi connectivity index (χ4v) is 4.45. The Hall–Kier alpha value is -4.01. The van der Waals surface area contributed by atoms with E-state index in [1.54, 1.807) is 24.5 Å². The van der Waals surface area contributed by atoms with Crippen LogP contribution < -0.4 is 9.47 Å². The molecule has 1 N–H and O–H groups in total.